The van der Waals surface area contributed by atoms with Gasteiger partial charge in [-0.2, -0.15) is 29.4 Å². The van der Waals surface area contributed by atoms with Crippen molar-refractivity contribution in [2.75, 3.05) is 0 Å². The summed E-state index contributed by atoms with van der Waals surface area (Å²) in [7, 11) is 0. The van der Waals surface area contributed by atoms with Crippen LogP contribution in [0, 0.1) is 13.0 Å². The van der Waals surface area contributed by atoms with Crippen LogP contribution in [-0.4, -0.2) is 9.78 Å². The third kappa shape index (κ3) is 2.67. The van der Waals surface area contributed by atoms with Crippen molar-refractivity contribution in [3.05, 3.63) is 72.4 Å². The molecule has 0 aliphatic rings. The van der Waals surface area contributed by atoms with E-state index in [0.29, 0.717) is 0 Å². The Morgan fingerprint density at radius 1 is 1.00 bits per heavy atom. The number of aromatic nitrogens is 2. The van der Waals surface area contributed by atoms with Crippen LogP contribution in [0.1, 0.15) is 5.56 Å². The van der Waals surface area contributed by atoms with E-state index in [1.165, 1.54) is 5.56 Å². The molecule has 2 aromatic carbocycles. The van der Waals surface area contributed by atoms with Crippen LogP contribution < -0.4 is 0 Å². The Labute approximate surface area is 126 Å². The van der Waals surface area contributed by atoms with Crippen molar-refractivity contribution in [2.24, 2.45) is 0 Å². The van der Waals surface area contributed by atoms with Gasteiger partial charge in [-0.1, -0.05) is 37.3 Å². The number of benzene rings is 2. The standard InChI is InChI=1S/C16H13N2.Ir/c1-13-7-5-6-10-15(13)18-16(11-12-17-18)14-8-3-2-4-9-14;/h2-9,11-12H,1H3;/q-1;. The van der Waals surface area contributed by atoms with Crippen LogP contribution in [0.4, 0.5) is 0 Å². The van der Waals surface area contributed by atoms with E-state index in [0.717, 1.165) is 16.9 Å². The minimum Gasteiger partial charge on any atom is -0.258 e. The van der Waals surface area contributed by atoms with Gasteiger partial charge in [0.2, 0.25) is 0 Å². The van der Waals surface area contributed by atoms with E-state index in [9.17, 15) is 0 Å². The minimum absolute atomic E-state index is 0. The molecule has 2 nitrogen and oxygen atoms in total. The van der Waals surface area contributed by atoms with Crippen molar-refractivity contribution in [3.63, 3.8) is 0 Å². The second-order valence-electron chi connectivity index (χ2n) is 4.20. The zero-order valence-corrected chi connectivity index (χ0v) is 12.9. The summed E-state index contributed by atoms with van der Waals surface area (Å²) in [6, 6.07) is 21.5. The van der Waals surface area contributed by atoms with Gasteiger partial charge in [0.1, 0.15) is 0 Å². The van der Waals surface area contributed by atoms with E-state index in [1.54, 1.807) is 0 Å². The van der Waals surface area contributed by atoms with E-state index < -0.39 is 0 Å². The molecule has 0 unspecified atom stereocenters. The van der Waals surface area contributed by atoms with Gasteiger partial charge in [-0.3, -0.25) is 4.68 Å². The fourth-order valence-electron chi connectivity index (χ4n) is 2.05. The first-order valence-corrected chi connectivity index (χ1v) is 5.93. The van der Waals surface area contributed by atoms with Gasteiger partial charge in [-0.15, -0.1) is 5.56 Å². The summed E-state index contributed by atoms with van der Waals surface area (Å²) in [4.78, 5) is 0. The normalized spacial score (nSPS) is 9.95. The van der Waals surface area contributed by atoms with Crippen molar-refractivity contribution in [1.29, 1.82) is 0 Å². The molecule has 3 heteroatoms. The van der Waals surface area contributed by atoms with Gasteiger partial charge in [-0.05, 0) is 11.8 Å². The molecule has 0 saturated carbocycles. The maximum atomic E-state index is 4.41. The topological polar surface area (TPSA) is 17.8 Å². The van der Waals surface area contributed by atoms with Crippen LogP contribution in [0.2, 0.25) is 0 Å². The predicted molar refractivity (Wildman–Crippen MR) is 72.6 cm³/mol. The van der Waals surface area contributed by atoms with Gasteiger partial charge >= 0.3 is 0 Å². The van der Waals surface area contributed by atoms with Crippen molar-refractivity contribution >= 4 is 0 Å². The molecular formula is C16H13IrN2-. The Morgan fingerprint density at radius 3 is 2.53 bits per heavy atom. The molecule has 0 aliphatic heterocycles. The Morgan fingerprint density at radius 2 is 1.79 bits per heavy atom. The minimum atomic E-state index is 0. The molecule has 97 valence electrons. The van der Waals surface area contributed by atoms with E-state index >= 15 is 0 Å². The zero-order chi connectivity index (χ0) is 12.4. The van der Waals surface area contributed by atoms with Crippen LogP contribution in [0.15, 0.2) is 60.8 Å². The molecule has 1 radical (unpaired) electrons. The van der Waals surface area contributed by atoms with Crippen molar-refractivity contribution in [1.82, 2.24) is 9.78 Å². The predicted octanol–water partition coefficient (Wildman–Crippen LogP) is 3.65. The average molecular weight is 426 g/mol. The van der Waals surface area contributed by atoms with Crippen molar-refractivity contribution in [3.8, 4) is 16.9 Å². The summed E-state index contributed by atoms with van der Waals surface area (Å²) in [5.41, 5.74) is 4.41. The molecule has 0 aliphatic carbocycles. The average Bonchev–Trinajstić information content (AvgIpc) is 2.89. The van der Waals surface area contributed by atoms with Crippen LogP contribution in [0.5, 0.6) is 0 Å². The molecule has 0 spiro atoms. The number of aryl methyl sites for hydroxylation is 1. The van der Waals surface area contributed by atoms with Crippen molar-refractivity contribution in [2.45, 2.75) is 6.92 Å². The van der Waals surface area contributed by atoms with Crippen LogP contribution >= 0.6 is 0 Å². The number of hydrogen-bond donors (Lipinski definition) is 0. The number of nitrogens with zero attached hydrogens (tertiary/aromatic N) is 2. The fourth-order valence-corrected chi connectivity index (χ4v) is 2.05. The van der Waals surface area contributed by atoms with E-state index in [-0.39, 0.29) is 20.1 Å². The van der Waals surface area contributed by atoms with Crippen LogP contribution in [0.25, 0.3) is 16.9 Å². The Balaban J connectivity index is 0.00000133. The second-order valence-corrected chi connectivity index (χ2v) is 4.20. The Kier molecular flexibility index (Phi) is 4.31. The summed E-state index contributed by atoms with van der Waals surface area (Å²) in [6.45, 7) is 2.07. The maximum Gasteiger partial charge on any atom is 0.0716 e. The molecule has 0 bridgehead atoms. The molecule has 0 N–H and O–H groups in total. The molecule has 3 aromatic rings. The SMILES string of the molecule is Cc1ccc[c-]c1-n1nccc1-c1ccccc1.[Ir]. The van der Waals surface area contributed by atoms with E-state index in [2.05, 4.69) is 36.3 Å². The third-order valence-corrected chi connectivity index (χ3v) is 2.96. The van der Waals surface area contributed by atoms with Crippen molar-refractivity contribution < 1.29 is 20.1 Å². The molecule has 1 aromatic heterocycles. The molecule has 0 saturated heterocycles. The fraction of sp³-hybridized carbons (Fsp3) is 0.0625. The first-order valence-electron chi connectivity index (χ1n) is 5.93. The Hall–Kier alpha value is -1.70. The molecular weight excluding hydrogens is 412 g/mol. The van der Waals surface area contributed by atoms with Crippen LogP contribution in [0.3, 0.4) is 0 Å². The molecule has 3 rings (SSSR count). The summed E-state index contributed by atoms with van der Waals surface area (Å²) in [5, 5.41) is 4.41. The molecule has 0 atom stereocenters. The van der Waals surface area contributed by atoms with E-state index in [1.807, 2.05) is 47.3 Å². The van der Waals surface area contributed by atoms with Gasteiger partial charge in [0.25, 0.3) is 0 Å². The summed E-state index contributed by atoms with van der Waals surface area (Å²) < 4.78 is 1.94. The quantitative estimate of drug-likeness (QED) is 0.573. The van der Waals surface area contributed by atoms with Gasteiger partial charge < -0.3 is 0 Å². The smallest absolute Gasteiger partial charge is 0.0716 e. The van der Waals surface area contributed by atoms with Gasteiger partial charge in [0, 0.05) is 31.9 Å². The molecule has 0 fully saturated rings. The van der Waals surface area contributed by atoms with E-state index in [4.69, 9.17) is 0 Å². The number of rotatable bonds is 2. The molecule has 19 heavy (non-hydrogen) atoms. The summed E-state index contributed by atoms with van der Waals surface area (Å²) >= 11 is 0. The van der Waals surface area contributed by atoms with Gasteiger partial charge in [0.05, 0.1) is 5.69 Å². The maximum absolute atomic E-state index is 4.41. The monoisotopic (exact) mass is 426 g/mol. The number of para-hydroxylation sites is 1. The first kappa shape index (κ1) is 13.7. The summed E-state index contributed by atoms with van der Waals surface area (Å²) in [5.74, 6) is 0. The number of hydrogen-bond acceptors (Lipinski definition) is 1. The largest absolute Gasteiger partial charge is 0.258 e. The second kappa shape index (κ2) is 5.96. The van der Waals surface area contributed by atoms with Gasteiger partial charge in [-0.25, -0.2) is 0 Å². The molecule has 0 amide bonds. The van der Waals surface area contributed by atoms with Crippen LogP contribution in [-0.2, 0) is 20.1 Å². The zero-order valence-electron chi connectivity index (χ0n) is 10.5. The Bertz CT molecular complexity index is 659. The third-order valence-electron chi connectivity index (χ3n) is 2.96. The van der Waals surface area contributed by atoms with Gasteiger partial charge in [0.15, 0.2) is 0 Å². The first-order chi connectivity index (χ1) is 8.86. The molecule has 1 heterocycles. The summed E-state index contributed by atoms with van der Waals surface area (Å²) in [6.07, 6.45) is 1.82.